The molecule has 1 aromatic carbocycles. The summed E-state index contributed by atoms with van der Waals surface area (Å²) in [4.78, 5) is 13.2. The highest BCUT2D eigenvalue weighted by Crippen LogP contribution is 2.28. The molecule has 0 aliphatic rings. The third kappa shape index (κ3) is 2.64. The average molecular weight is 303 g/mol. The predicted octanol–water partition coefficient (Wildman–Crippen LogP) is 3.96. The molecule has 2 heterocycles. The van der Waals surface area contributed by atoms with Crippen molar-refractivity contribution in [1.29, 1.82) is 0 Å². The fourth-order valence-corrected chi connectivity index (χ4v) is 2.63. The summed E-state index contributed by atoms with van der Waals surface area (Å²) in [6, 6.07) is 11.9. The summed E-state index contributed by atoms with van der Waals surface area (Å²) in [5.41, 5.74) is 1.89. The molecular formula is C14H11ClN4S. The number of hydrogen-bond donors (Lipinski definition) is 1. The molecule has 4 nitrogen and oxygen atoms in total. The maximum absolute atomic E-state index is 5.93. The van der Waals surface area contributed by atoms with E-state index in [0.29, 0.717) is 15.2 Å². The minimum Gasteiger partial charge on any atom is -0.373 e. The van der Waals surface area contributed by atoms with Gasteiger partial charge in [0.25, 0.3) is 0 Å². The van der Waals surface area contributed by atoms with E-state index in [4.69, 9.17) is 11.6 Å². The van der Waals surface area contributed by atoms with E-state index in [2.05, 4.69) is 20.3 Å². The van der Waals surface area contributed by atoms with Crippen LogP contribution in [0.1, 0.15) is 0 Å². The van der Waals surface area contributed by atoms with Crippen LogP contribution in [0.25, 0.3) is 22.1 Å². The number of anilines is 1. The van der Waals surface area contributed by atoms with Gasteiger partial charge in [0.2, 0.25) is 0 Å². The molecule has 2 aromatic heterocycles. The van der Waals surface area contributed by atoms with Crippen LogP contribution in [0.4, 0.5) is 5.82 Å². The van der Waals surface area contributed by atoms with Crippen molar-refractivity contribution in [2.24, 2.45) is 0 Å². The van der Waals surface area contributed by atoms with Crippen molar-refractivity contribution < 1.29 is 0 Å². The Kier molecular flexibility index (Phi) is 3.62. The molecule has 6 heteroatoms. The lowest BCUT2D eigenvalue weighted by Gasteiger charge is -2.06. The largest absolute Gasteiger partial charge is 0.373 e. The van der Waals surface area contributed by atoms with Gasteiger partial charge in [-0.05, 0) is 0 Å². The van der Waals surface area contributed by atoms with Crippen molar-refractivity contribution in [2.45, 2.75) is 0 Å². The molecule has 0 spiro atoms. The van der Waals surface area contributed by atoms with Gasteiger partial charge in [0, 0.05) is 18.7 Å². The van der Waals surface area contributed by atoms with E-state index >= 15 is 0 Å². The van der Waals surface area contributed by atoms with Gasteiger partial charge in [0.1, 0.15) is 10.2 Å². The molecule has 0 saturated heterocycles. The van der Waals surface area contributed by atoms with Gasteiger partial charge in [-0.15, -0.1) is 0 Å². The maximum Gasteiger partial charge on any atom is 0.191 e. The Hall–Kier alpha value is -1.98. The predicted molar refractivity (Wildman–Crippen MR) is 83.1 cm³/mol. The average Bonchev–Trinajstić information content (AvgIpc) is 2.94. The van der Waals surface area contributed by atoms with Gasteiger partial charge in [-0.3, -0.25) is 0 Å². The Morgan fingerprint density at radius 2 is 1.95 bits per heavy atom. The molecule has 100 valence electrons. The summed E-state index contributed by atoms with van der Waals surface area (Å²) in [6.07, 6.45) is 1.61. The molecule has 0 atom stereocenters. The number of aromatic nitrogens is 3. The van der Waals surface area contributed by atoms with Crippen LogP contribution < -0.4 is 5.32 Å². The van der Waals surface area contributed by atoms with E-state index in [0.717, 1.165) is 17.1 Å². The molecular weight excluding hydrogens is 292 g/mol. The number of nitrogens with zero attached hydrogens (tertiary/aromatic N) is 3. The molecule has 3 rings (SSSR count). The monoisotopic (exact) mass is 302 g/mol. The highest BCUT2D eigenvalue weighted by atomic mass is 35.5. The van der Waals surface area contributed by atoms with Crippen LogP contribution >= 0.6 is 22.9 Å². The Bertz CT molecular complexity index is 727. The second-order valence-electron chi connectivity index (χ2n) is 4.05. The lowest BCUT2D eigenvalue weighted by molar-refractivity contribution is 1.16. The van der Waals surface area contributed by atoms with Crippen LogP contribution in [0, 0.1) is 0 Å². The molecule has 0 amide bonds. The zero-order valence-electron chi connectivity index (χ0n) is 10.7. The Morgan fingerprint density at radius 1 is 1.15 bits per heavy atom. The summed E-state index contributed by atoms with van der Waals surface area (Å²) in [6.45, 7) is 0. The first-order valence-electron chi connectivity index (χ1n) is 6.00. The van der Waals surface area contributed by atoms with Crippen LogP contribution in [-0.2, 0) is 0 Å². The zero-order chi connectivity index (χ0) is 13.9. The third-order valence-electron chi connectivity index (χ3n) is 2.72. The second kappa shape index (κ2) is 5.56. The summed E-state index contributed by atoms with van der Waals surface area (Å²) in [7, 11) is 1.83. The first kappa shape index (κ1) is 13.0. The topological polar surface area (TPSA) is 50.7 Å². The highest BCUT2D eigenvalue weighted by Gasteiger charge is 2.11. The number of thiazole rings is 1. The molecule has 0 fully saturated rings. The van der Waals surface area contributed by atoms with Gasteiger partial charge in [-0.2, -0.15) is 0 Å². The van der Waals surface area contributed by atoms with Crippen LogP contribution in [0.3, 0.4) is 0 Å². The minimum atomic E-state index is 0.576. The van der Waals surface area contributed by atoms with Crippen LogP contribution in [0.15, 0.2) is 42.6 Å². The fraction of sp³-hybridized carbons (Fsp3) is 0.0714. The molecule has 0 unspecified atom stereocenters. The number of hydrogen-bond acceptors (Lipinski definition) is 5. The van der Waals surface area contributed by atoms with E-state index < -0.39 is 0 Å². The Labute approximate surface area is 125 Å². The lowest BCUT2D eigenvalue weighted by atomic mass is 10.1. The van der Waals surface area contributed by atoms with E-state index in [1.807, 2.05) is 43.4 Å². The number of rotatable bonds is 3. The van der Waals surface area contributed by atoms with Crippen molar-refractivity contribution in [3.05, 3.63) is 46.9 Å². The first-order valence-corrected chi connectivity index (χ1v) is 7.19. The van der Waals surface area contributed by atoms with Crippen molar-refractivity contribution in [1.82, 2.24) is 15.0 Å². The van der Waals surface area contributed by atoms with Gasteiger partial charge in [0.05, 0.1) is 11.9 Å². The summed E-state index contributed by atoms with van der Waals surface area (Å²) in [5.74, 6) is 1.33. The van der Waals surface area contributed by atoms with Gasteiger partial charge in [-0.1, -0.05) is 53.3 Å². The Morgan fingerprint density at radius 3 is 2.60 bits per heavy atom. The SMILES string of the molecule is CNc1cc(-c2ccccc2)nc(-c2ncc(Cl)s2)n1. The minimum absolute atomic E-state index is 0.576. The molecule has 3 aromatic rings. The highest BCUT2D eigenvalue weighted by molar-refractivity contribution is 7.18. The number of benzene rings is 1. The van der Waals surface area contributed by atoms with Crippen molar-refractivity contribution in [2.75, 3.05) is 12.4 Å². The quantitative estimate of drug-likeness (QED) is 0.795. The van der Waals surface area contributed by atoms with Crippen LogP contribution in [0.2, 0.25) is 4.34 Å². The molecule has 0 radical (unpaired) electrons. The molecule has 0 bridgehead atoms. The molecule has 0 saturated carbocycles. The standard InChI is InChI=1S/C14H11ClN4S/c1-16-12-7-10(9-5-3-2-4-6-9)18-13(19-12)14-17-8-11(15)20-14/h2-8H,1H3,(H,16,18,19). The molecule has 0 aliphatic heterocycles. The van der Waals surface area contributed by atoms with Crippen molar-refractivity contribution in [3.8, 4) is 22.1 Å². The van der Waals surface area contributed by atoms with E-state index in [9.17, 15) is 0 Å². The summed E-state index contributed by atoms with van der Waals surface area (Å²) in [5, 5.41) is 3.76. The fourth-order valence-electron chi connectivity index (χ4n) is 1.79. The second-order valence-corrected chi connectivity index (χ2v) is 5.71. The third-order valence-corrected chi connectivity index (χ3v) is 3.83. The van der Waals surface area contributed by atoms with E-state index in [-0.39, 0.29) is 0 Å². The van der Waals surface area contributed by atoms with Crippen LogP contribution in [0.5, 0.6) is 0 Å². The Balaban J connectivity index is 2.12. The normalized spacial score (nSPS) is 10.5. The van der Waals surface area contributed by atoms with E-state index in [1.165, 1.54) is 11.3 Å². The van der Waals surface area contributed by atoms with Crippen LogP contribution in [-0.4, -0.2) is 22.0 Å². The van der Waals surface area contributed by atoms with Gasteiger partial charge in [0.15, 0.2) is 10.8 Å². The zero-order valence-corrected chi connectivity index (χ0v) is 12.2. The summed E-state index contributed by atoms with van der Waals surface area (Å²) >= 11 is 7.29. The molecule has 0 aliphatic carbocycles. The summed E-state index contributed by atoms with van der Waals surface area (Å²) < 4.78 is 0.625. The van der Waals surface area contributed by atoms with Crippen molar-refractivity contribution >= 4 is 28.8 Å². The maximum atomic E-state index is 5.93. The number of halogens is 1. The van der Waals surface area contributed by atoms with Crippen molar-refractivity contribution in [3.63, 3.8) is 0 Å². The number of nitrogens with one attached hydrogen (secondary N) is 1. The molecule has 20 heavy (non-hydrogen) atoms. The van der Waals surface area contributed by atoms with E-state index in [1.54, 1.807) is 6.20 Å². The lowest BCUT2D eigenvalue weighted by Crippen LogP contribution is -1.98. The van der Waals surface area contributed by atoms with Gasteiger partial charge < -0.3 is 5.32 Å². The van der Waals surface area contributed by atoms with Gasteiger partial charge >= 0.3 is 0 Å². The molecule has 1 N–H and O–H groups in total. The van der Waals surface area contributed by atoms with Gasteiger partial charge in [-0.25, -0.2) is 15.0 Å². The smallest absolute Gasteiger partial charge is 0.191 e. The first-order chi connectivity index (χ1) is 9.76.